The van der Waals surface area contributed by atoms with Crippen LogP contribution in [0.4, 0.5) is 15.8 Å². The van der Waals surface area contributed by atoms with E-state index in [-0.39, 0.29) is 11.9 Å². The number of hydrogen-bond donors (Lipinski definition) is 1. The Balaban J connectivity index is 2.45. The lowest BCUT2D eigenvalue weighted by Gasteiger charge is -2.26. The molecule has 2 aromatic carbocycles. The molecule has 0 saturated heterocycles. The molecule has 21 heavy (non-hydrogen) atoms. The molecule has 0 aliphatic heterocycles. The monoisotopic (exact) mass is 350 g/mol. The zero-order valence-corrected chi connectivity index (χ0v) is 14.1. The predicted molar refractivity (Wildman–Crippen MR) is 90.7 cm³/mol. The highest BCUT2D eigenvalue weighted by molar-refractivity contribution is 9.10. The number of nitrogens with one attached hydrogen (secondary N) is 1. The summed E-state index contributed by atoms with van der Waals surface area (Å²) in [5.74, 6) is -0.218. The van der Waals surface area contributed by atoms with Crippen molar-refractivity contribution in [1.82, 2.24) is 5.32 Å². The average molecular weight is 351 g/mol. The van der Waals surface area contributed by atoms with Gasteiger partial charge in [-0.05, 0) is 49.4 Å². The maximum Gasteiger partial charge on any atom is 0.146 e. The largest absolute Gasteiger partial charge is 0.342 e. The number of benzene rings is 2. The first-order chi connectivity index (χ1) is 10.0. The summed E-state index contributed by atoms with van der Waals surface area (Å²) in [6.45, 7) is 5.08. The highest BCUT2D eigenvalue weighted by Gasteiger charge is 2.16. The van der Waals surface area contributed by atoms with E-state index in [4.69, 9.17) is 0 Å². The lowest BCUT2D eigenvalue weighted by atomic mass is 10.0. The Morgan fingerprint density at radius 1 is 1.19 bits per heavy atom. The Morgan fingerprint density at radius 3 is 2.57 bits per heavy atom. The molecule has 0 aliphatic rings. The van der Waals surface area contributed by atoms with E-state index in [1.54, 1.807) is 12.1 Å². The number of rotatable bonds is 5. The van der Waals surface area contributed by atoms with Crippen molar-refractivity contribution in [2.75, 3.05) is 18.5 Å². The van der Waals surface area contributed by atoms with E-state index in [9.17, 15) is 4.39 Å². The van der Waals surface area contributed by atoms with Gasteiger partial charge in [-0.1, -0.05) is 35.0 Å². The van der Waals surface area contributed by atoms with E-state index in [1.807, 2.05) is 30.1 Å². The minimum atomic E-state index is -0.218. The molecular formula is C17H20BrFN2. The zero-order valence-electron chi connectivity index (χ0n) is 12.5. The molecule has 0 saturated carbocycles. The lowest BCUT2D eigenvalue weighted by molar-refractivity contribution is 0.597. The second-order valence-corrected chi connectivity index (χ2v) is 5.91. The molecule has 112 valence electrons. The summed E-state index contributed by atoms with van der Waals surface area (Å²) in [6, 6.07) is 13.1. The van der Waals surface area contributed by atoms with Crippen LogP contribution >= 0.6 is 15.9 Å². The summed E-state index contributed by atoms with van der Waals surface area (Å²) in [6.07, 6.45) is 0. The summed E-state index contributed by atoms with van der Waals surface area (Å²) >= 11 is 3.52. The first-order valence-corrected chi connectivity index (χ1v) is 7.85. The van der Waals surface area contributed by atoms with Crippen molar-refractivity contribution in [2.24, 2.45) is 0 Å². The van der Waals surface area contributed by atoms with Gasteiger partial charge in [-0.15, -0.1) is 0 Å². The van der Waals surface area contributed by atoms with Gasteiger partial charge in [0.05, 0.1) is 5.69 Å². The van der Waals surface area contributed by atoms with E-state index < -0.39 is 0 Å². The van der Waals surface area contributed by atoms with Crippen LogP contribution in [0, 0.1) is 5.82 Å². The highest BCUT2D eigenvalue weighted by atomic mass is 79.9. The maximum atomic E-state index is 14.0. The van der Waals surface area contributed by atoms with E-state index in [0.29, 0.717) is 5.69 Å². The van der Waals surface area contributed by atoms with Crippen LogP contribution in [0.1, 0.15) is 25.5 Å². The second kappa shape index (κ2) is 7.05. The third kappa shape index (κ3) is 3.63. The van der Waals surface area contributed by atoms with Gasteiger partial charge in [-0.2, -0.15) is 0 Å². The minimum Gasteiger partial charge on any atom is -0.342 e. The topological polar surface area (TPSA) is 15.3 Å². The molecule has 0 aromatic heterocycles. The van der Waals surface area contributed by atoms with Crippen LogP contribution in [0.15, 0.2) is 46.9 Å². The quantitative estimate of drug-likeness (QED) is 0.813. The van der Waals surface area contributed by atoms with Crippen molar-refractivity contribution in [1.29, 1.82) is 0 Å². The number of hydrogen-bond acceptors (Lipinski definition) is 2. The second-order valence-electron chi connectivity index (χ2n) is 4.99. The van der Waals surface area contributed by atoms with Gasteiger partial charge in [0, 0.05) is 23.2 Å². The van der Waals surface area contributed by atoms with E-state index in [0.717, 1.165) is 22.3 Å². The fraction of sp³-hybridized carbons (Fsp3) is 0.294. The Bertz CT molecular complexity index is 615. The molecule has 2 nitrogen and oxygen atoms in total. The minimum absolute atomic E-state index is 0.191. The molecule has 4 heteroatoms. The molecule has 0 spiro atoms. The van der Waals surface area contributed by atoms with Gasteiger partial charge in [-0.25, -0.2) is 4.39 Å². The predicted octanol–water partition coefficient (Wildman–Crippen LogP) is 5.03. The van der Waals surface area contributed by atoms with Gasteiger partial charge in [0.25, 0.3) is 0 Å². The van der Waals surface area contributed by atoms with E-state index in [2.05, 4.69) is 41.2 Å². The van der Waals surface area contributed by atoms with Crippen molar-refractivity contribution in [3.8, 4) is 0 Å². The molecule has 0 aliphatic carbocycles. The van der Waals surface area contributed by atoms with Crippen LogP contribution in [-0.2, 0) is 0 Å². The summed E-state index contributed by atoms with van der Waals surface area (Å²) in [7, 11) is 1.89. The molecule has 1 atom stereocenters. The molecule has 2 aromatic rings. The average Bonchev–Trinajstić information content (AvgIpc) is 2.47. The van der Waals surface area contributed by atoms with E-state index in [1.165, 1.54) is 6.07 Å². The van der Waals surface area contributed by atoms with Crippen LogP contribution in [0.5, 0.6) is 0 Å². The normalized spacial score (nSPS) is 12.2. The summed E-state index contributed by atoms with van der Waals surface area (Å²) in [5, 5.41) is 3.41. The number of para-hydroxylation sites is 1. The molecule has 0 heterocycles. The molecule has 1 unspecified atom stereocenters. The SMILES string of the molecule is CCNC(C)c1cc(Br)ccc1N(C)c1ccccc1F. The fourth-order valence-corrected chi connectivity index (χ4v) is 2.83. The Kier molecular flexibility index (Phi) is 5.37. The molecule has 0 radical (unpaired) electrons. The third-order valence-electron chi connectivity index (χ3n) is 3.54. The van der Waals surface area contributed by atoms with Crippen LogP contribution in [0.3, 0.4) is 0 Å². The van der Waals surface area contributed by atoms with Crippen molar-refractivity contribution < 1.29 is 4.39 Å². The molecule has 0 amide bonds. The molecule has 0 bridgehead atoms. The van der Waals surface area contributed by atoms with Crippen LogP contribution in [-0.4, -0.2) is 13.6 Å². The summed E-state index contributed by atoms with van der Waals surface area (Å²) in [5.41, 5.74) is 2.71. The highest BCUT2D eigenvalue weighted by Crippen LogP contribution is 2.33. The van der Waals surface area contributed by atoms with Crippen LogP contribution in [0.25, 0.3) is 0 Å². The molecule has 0 fully saturated rings. The molecule has 1 N–H and O–H groups in total. The Morgan fingerprint density at radius 2 is 1.90 bits per heavy atom. The smallest absolute Gasteiger partial charge is 0.146 e. The first kappa shape index (κ1) is 16.0. The van der Waals surface area contributed by atoms with Gasteiger partial charge >= 0.3 is 0 Å². The number of halogens is 2. The first-order valence-electron chi connectivity index (χ1n) is 7.05. The van der Waals surface area contributed by atoms with Gasteiger partial charge in [-0.3, -0.25) is 0 Å². The van der Waals surface area contributed by atoms with Crippen molar-refractivity contribution in [3.63, 3.8) is 0 Å². The zero-order chi connectivity index (χ0) is 15.4. The number of anilines is 2. The van der Waals surface area contributed by atoms with Gasteiger partial charge in [0.2, 0.25) is 0 Å². The Hall–Kier alpha value is -1.39. The standard InChI is InChI=1S/C17H20BrFN2/c1-4-20-12(2)14-11-13(18)9-10-16(14)21(3)17-8-6-5-7-15(17)19/h5-12,20H,4H2,1-3H3. The van der Waals surface area contributed by atoms with Crippen LogP contribution in [0.2, 0.25) is 0 Å². The van der Waals surface area contributed by atoms with Crippen LogP contribution < -0.4 is 10.2 Å². The summed E-state index contributed by atoms with van der Waals surface area (Å²) < 4.78 is 15.0. The Labute approximate surface area is 134 Å². The maximum absolute atomic E-state index is 14.0. The van der Waals surface area contributed by atoms with Crippen molar-refractivity contribution in [2.45, 2.75) is 19.9 Å². The summed E-state index contributed by atoms with van der Waals surface area (Å²) in [4.78, 5) is 1.89. The van der Waals surface area contributed by atoms with Gasteiger partial charge in [0.1, 0.15) is 5.82 Å². The third-order valence-corrected chi connectivity index (χ3v) is 4.03. The van der Waals surface area contributed by atoms with Crippen molar-refractivity contribution >= 4 is 27.3 Å². The van der Waals surface area contributed by atoms with Crippen molar-refractivity contribution in [3.05, 3.63) is 58.3 Å². The molecular weight excluding hydrogens is 331 g/mol. The van der Waals surface area contributed by atoms with Gasteiger partial charge in [0.15, 0.2) is 0 Å². The van der Waals surface area contributed by atoms with E-state index >= 15 is 0 Å². The molecule has 2 rings (SSSR count). The fourth-order valence-electron chi connectivity index (χ4n) is 2.45. The van der Waals surface area contributed by atoms with Gasteiger partial charge < -0.3 is 10.2 Å². The number of nitrogens with zero attached hydrogens (tertiary/aromatic N) is 1. The lowest BCUT2D eigenvalue weighted by Crippen LogP contribution is -2.21.